The molecule has 0 aliphatic carbocycles. The molecule has 1 rings (SSSR count). The van der Waals surface area contributed by atoms with E-state index < -0.39 is 41.1 Å². The van der Waals surface area contributed by atoms with Crippen molar-refractivity contribution in [3.05, 3.63) is 28.6 Å². The molecule has 4 nitrogen and oxygen atoms in total. The van der Waals surface area contributed by atoms with E-state index in [0.29, 0.717) is 0 Å². The quantitative estimate of drug-likeness (QED) is 0.835. The van der Waals surface area contributed by atoms with Crippen LogP contribution in [0.2, 0.25) is 0 Å². The molecule has 0 aromatic carbocycles. The Morgan fingerprint density at radius 3 is 2.33 bits per heavy atom. The van der Waals surface area contributed by atoms with Crippen LogP contribution in [0.15, 0.2) is 6.07 Å². The second-order valence-electron chi connectivity index (χ2n) is 3.03. The van der Waals surface area contributed by atoms with Crippen LogP contribution in [0.1, 0.15) is 33.7 Å². The molecule has 0 aliphatic rings. The molecule has 0 aliphatic heterocycles. The molecular formula is C9H3F5N2O2. The van der Waals surface area contributed by atoms with Crippen LogP contribution in [0.25, 0.3) is 0 Å². The van der Waals surface area contributed by atoms with E-state index in [2.05, 4.69) is 4.98 Å². The standard InChI is InChI=1S/C9H3F5N2O2/c10-7(11)6-3(9(12,13)14)1-4(8(17)18)16-5(6)2-15/h1,7H,(H,17,18). The van der Waals surface area contributed by atoms with Gasteiger partial charge >= 0.3 is 12.1 Å². The molecule has 0 saturated heterocycles. The fraction of sp³-hybridized carbons (Fsp3) is 0.222. The van der Waals surface area contributed by atoms with Gasteiger partial charge in [0.25, 0.3) is 6.43 Å². The van der Waals surface area contributed by atoms with Gasteiger partial charge in [0.15, 0.2) is 5.69 Å². The third kappa shape index (κ3) is 2.53. The van der Waals surface area contributed by atoms with E-state index in [1.54, 1.807) is 0 Å². The smallest absolute Gasteiger partial charge is 0.417 e. The molecule has 96 valence electrons. The number of hydrogen-bond donors (Lipinski definition) is 1. The molecule has 0 radical (unpaired) electrons. The highest BCUT2D eigenvalue weighted by atomic mass is 19.4. The summed E-state index contributed by atoms with van der Waals surface area (Å²) in [5.41, 5.74) is -5.86. The van der Waals surface area contributed by atoms with Gasteiger partial charge in [0, 0.05) is 0 Å². The van der Waals surface area contributed by atoms with Crippen molar-refractivity contribution in [2.24, 2.45) is 0 Å². The number of aromatic carboxylic acids is 1. The SMILES string of the molecule is N#Cc1nc(C(=O)O)cc(C(F)(F)F)c1C(F)F. The van der Waals surface area contributed by atoms with Crippen LogP contribution in [0, 0.1) is 11.3 Å². The Bertz CT molecular complexity index is 533. The lowest BCUT2D eigenvalue weighted by Gasteiger charge is -2.13. The number of carbonyl (C=O) groups is 1. The highest BCUT2D eigenvalue weighted by molar-refractivity contribution is 5.86. The minimum Gasteiger partial charge on any atom is -0.477 e. The van der Waals surface area contributed by atoms with Crippen molar-refractivity contribution < 1.29 is 31.9 Å². The van der Waals surface area contributed by atoms with E-state index in [0.717, 1.165) is 6.07 Å². The maximum atomic E-state index is 12.5. The monoisotopic (exact) mass is 266 g/mol. The molecule has 0 bridgehead atoms. The Labute approximate surface area is 96.3 Å². The van der Waals surface area contributed by atoms with E-state index in [4.69, 9.17) is 10.4 Å². The molecule has 9 heteroatoms. The van der Waals surface area contributed by atoms with Crippen LogP contribution in [-0.2, 0) is 6.18 Å². The number of rotatable bonds is 2. The topological polar surface area (TPSA) is 74.0 Å². The normalized spacial score (nSPS) is 11.4. The molecule has 0 amide bonds. The number of halogens is 5. The lowest BCUT2D eigenvalue weighted by atomic mass is 10.0. The molecule has 0 saturated carbocycles. The Morgan fingerprint density at radius 2 is 2.00 bits per heavy atom. The average Bonchev–Trinajstić information content (AvgIpc) is 2.25. The molecule has 1 aromatic heterocycles. The van der Waals surface area contributed by atoms with Gasteiger partial charge in [0.05, 0.1) is 11.1 Å². The number of nitriles is 1. The number of alkyl halides is 5. The number of nitrogens with zero attached hydrogens (tertiary/aromatic N) is 2. The minimum atomic E-state index is -5.20. The van der Waals surface area contributed by atoms with Crippen molar-refractivity contribution in [2.45, 2.75) is 12.6 Å². The molecule has 1 heterocycles. The van der Waals surface area contributed by atoms with Crippen molar-refractivity contribution in [3.8, 4) is 6.07 Å². The van der Waals surface area contributed by atoms with Crippen LogP contribution in [-0.4, -0.2) is 16.1 Å². The van der Waals surface area contributed by atoms with Gasteiger partial charge in [-0.3, -0.25) is 0 Å². The summed E-state index contributed by atoms with van der Waals surface area (Å²) in [6, 6.07) is 1.01. The van der Waals surface area contributed by atoms with Gasteiger partial charge in [-0.1, -0.05) is 0 Å². The number of aromatic nitrogens is 1. The average molecular weight is 266 g/mol. The van der Waals surface area contributed by atoms with E-state index in [1.807, 2.05) is 0 Å². The van der Waals surface area contributed by atoms with Gasteiger partial charge in [-0.05, 0) is 6.07 Å². The molecular weight excluding hydrogens is 263 g/mol. The summed E-state index contributed by atoms with van der Waals surface area (Å²) >= 11 is 0. The summed E-state index contributed by atoms with van der Waals surface area (Å²) in [7, 11) is 0. The zero-order chi connectivity index (χ0) is 14.1. The molecule has 1 N–H and O–H groups in total. The Morgan fingerprint density at radius 1 is 1.44 bits per heavy atom. The molecule has 1 aromatic rings. The third-order valence-corrected chi connectivity index (χ3v) is 1.91. The first-order valence-electron chi connectivity index (χ1n) is 4.22. The predicted molar refractivity (Wildman–Crippen MR) is 45.9 cm³/mol. The van der Waals surface area contributed by atoms with Crippen molar-refractivity contribution in [2.75, 3.05) is 0 Å². The van der Waals surface area contributed by atoms with E-state index in [1.165, 1.54) is 0 Å². The molecule has 0 spiro atoms. The second-order valence-corrected chi connectivity index (χ2v) is 3.03. The van der Waals surface area contributed by atoms with Crippen molar-refractivity contribution in [1.29, 1.82) is 5.26 Å². The molecule has 0 fully saturated rings. The van der Waals surface area contributed by atoms with Crippen molar-refractivity contribution in [3.63, 3.8) is 0 Å². The van der Waals surface area contributed by atoms with Crippen LogP contribution in [0.3, 0.4) is 0 Å². The second kappa shape index (κ2) is 4.56. The van der Waals surface area contributed by atoms with Gasteiger partial charge in [-0.25, -0.2) is 18.6 Å². The summed E-state index contributed by atoms with van der Waals surface area (Å²) in [4.78, 5) is 13.4. The molecule has 0 unspecified atom stereocenters. The van der Waals surface area contributed by atoms with E-state index in [9.17, 15) is 26.7 Å². The first kappa shape index (κ1) is 13.8. The summed E-state index contributed by atoms with van der Waals surface area (Å²) < 4.78 is 62.5. The maximum Gasteiger partial charge on any atom is 0.417 e. The number of hydrogen-bond acceptors (Lipinski definition) is 3. The lowest BCUT2D eigenvalue weighted by Crippen LogP contribution is -2.15. The summed E-state index contributed by atoms with van der Waals surface area (Å²) in [5, 5.41) is 17.0. The summed E-state index contributed by atoms with van der Waals surface area (Å²) in [6.45, 7) is 0. The van der Waals surface area contributed by atoms with Gasteiger partial charge in [-0.15, -0.1) is 0 Å². The number of carboxylic acid groups (broad SMARTS) is 1. The Balaban J connectivity index is 3.70. The molecule has 0 atom stereocenters. The lowest BCUT2D eigenvalue weighted by molar-refractivity contribution is -0.139. The van der Waals surface area contributed by atoms with Crippen LogP contribution in [0.4, 0.5) is 22.0 Å². The maximum absolute atomic E-state index is 12.5. The van der Waals surface area contributed by atoms with Gasteiger partial charge in [0.2, 0.25) is 0 Å². The predicted octanol–water partition coefficient (Wildman–Crippen LogP) is 2.61. The minimum absolute atomic E-state index is 0.0231. The summed E-state index contributed by atoms with van der Waals surface area (Å²) in [6.07, 6.45) is -8.79. The van der Waals surface area contributed by atoms with Gasteiger partial charge < -0.3 is 5.11 Å². The number of pyridine rings is 1. The van der Waals surface area contributed by atoms with Crippen molar-refractivity contribution >= 4 is 5.97 Å². The van der Waals surface area contributed by atoms with E-state index in [-0.39, 0.29) is 6.07 Å². The summed E-state index contributed by atoms with van der Waals surface area (Å²) in [5.74, 6) is -1.85. The zero-order valence-corrected chi connectivity index (χ0v) is 8.29. The highest BCUT2D eigenvalue weighted by Gasteiger charge is 2.39. The third-order valence-electron chi connectivity index (χ3n) is 1.91. The fourth-order valence-corrected chi connectivity index (χ4v) is 1.21. The van der Waals surface area contributed by atoms with Crippen LogP contribution < -0.4 is 0 Å². The Hall–Kier alpha value is -2.24. The first-order chi connectivity index (χ1) is 8.18. The van der Waals surface area contributed by atoms with Crippen LogP contribution >= 0.6 is 0 Å². The van der Waals surface area contributed by atoms with Crippen molar-refractivity contribution in [1.82, 2.24) is 4.98 Å². The van der Waals surface area contributed by atoms with Gasteiger partial charge in [-0.2, -0.15) is 18.4 Å². The molecule has 18 heavy (non-hydrogen) atoms. The fourth-order valence-electron chi connectivity index (χ4n) is 1.21. The van der Waals surface area contributed by atoms with E-state index >= 15 is 0 Å². The van der Waals surface area contributed by atoms with Crippen LogP contribution in [0.5, 0.6) is 0 Å². The first-order valence-corrected chi connectivity index (χ1v) is 4.22. The number of carboxylic acids is 1. The highest BCUT2D eigenvalue weighted by Crippen LogP contribution is 2.37. The van der Waals surface area contributed by atoms with Gasteiger partial charge in [0.1, 0.15) is 11.8 Å². The largest absolute Gasteiger partial charge is 0.477 e. The zero-order valence-electron chi connectivity index (χ0n) is 8.29. The Kier molecular flexibility index (Phi) is 3.50.